The van der Waals surface area contributed by atoms with E-state index in [1.54, 1.807) is 11.1 Å². The molecule has 0 aromatic carbocycles. The van der Waals surface area contributed by atoms with E-state index in [9.17, 15) is 22.8 Å². The van der Waals surface area contributed by atoms with Crippen molar-refractivity contribution >= 4 is 29.2 Å². The maximum absolute atomic E-state index is 13.8. The molecular formula is C21H21ClF3N5O3. The summed E-state index contributed by atoms with van der Waals surface area (Å²) in [5.74, 6) is -0.526. The first-order chi connectivity index (χ1) is 15.7. The van der Waals surface area contributed by atoms with E-state index < -0.39 is 23.3 Å². The summed E-state index contributed by atoms with van der Waals surface area (Å²) in [6.07, 6.45) is 1.63. The topological polar surface area (TPSA) is 79.2 Å². The molecule has 0 aliphatic carbocycles. The molecule has 5 rings (SSSR count). The van der Waals surface area contributed by atoms with Gasteiger partial charge in [0.25, 0.3) is 5.91 Å². The van der Waals surface area contributed by atoms with Crippen LogP contribution < -0.4 is 5.32 Å². The number of fused-ring (bicyclic) bond motifs is 1. The van der Waals surface area contributed by atoms with Gasteiger partial charge in [-0.1, -0.05) is 17.7 Å². The zero-order valence-corrected chi connectivity index (χ0v) is 18.2. The third-order valence-corrected chi connectivity index (χ3v) is 6.73. The molecule has 0 spiro atoms. The normalized spacial score (nSPS) is 21.7. The number of amides is 2. The van der Waals surface area contributed by atoms with Crippen LogP contribution in [0.5, 0.6) is 0 Å². The third-order valence-electron chi connectivity index (χ3n) is 6.36. The van der Waals surface area contributed by atoms with Gasteiger partial charge in [-0.3, -0.25) is 9.20 Å². The van der Waals surface area contributed by atoms with Crippen molar-refractivity contribution in [2.75, 3.05) is 26.2 Å². The molecule has 3 aliphatic rings. The van der Waals surface area contributed by atoms with Crippen molar-refractivity contribution in [2.45, 2.75) is 37.5 Å². The molecule has 12 heteroatoms. The summed E-state index contributed by atoms with van der Waals surface area (Å²) < 4.78 is 47.6. The highest BCUT2D eigenvalue weighted by Gasteiger charge is 2.38. The quantitative estimate of drug-likeness (QED) is 0.721. The fraction of sp³-hybridized carbons (Fsp3) is 0.476. The maximum Gasteiger partial charge on any atom is 0.419 e. The first-order valence-electron chi connectivity index (χ1n) is 10.7. The number of aromatic nitrogens is 2. The van der Waals surface area contributed by atoms with E-state index in [0.717, 1.165) is 10.5 Å². The van der Waals surface area contributed by atoms with Gasteiger partial charge in [0.1, 0.15) is 11.8 Å². The van der Waals surface area contributed by atoms with Gasteiger partial charge in [-0.05, 0) is 37.1 Å². The number of pyridine rings is 1. The fourth-order valence-electron chi connectivity index (χ4n) is 4.63. The summed E-state index contributed by atoms with van der Waals surface area (Å²) in [6.45, 7) is 1.55. The van der Waals surface area contributed by atoms with E-state index in [1.165, 1.54) is 11.1 Å². The first kappa shape index (κ1) is 21.9. The van der Waals surface area contributed by atoms with Crippen LogP contribution in [0.25, 0.3) is 5.65 Å². The molecule has 0 radical (unpaired) electrons. The first-order valence-corrected chi connectivity index (χ1v) is 11.0. The molecule has 1 N–H and O–H groups in total. The fourth-order valence-corrected chi connectivity index (χ4v) is 4.88. The Kier molecular flexibility index (Phi) is 5.38. The minimum atomic E-state index is -4.67. The minimum Gasteiger partial charge on any atom is -0.448 e. The van der Waals surface area contributed by atoms with Gasteiger partial charge < -0.3 is 19.9 Å². The molecule has 2 aromatic rings. The SMILES string of the molecule is O=C(c1nc2c(C(F)(F)F)cc(C3CC=CN3)cn2c1Cl)N1CCC(N2CCOC2=O)CC1. The summed E-state index contributed by atoms with van der Waals surface area (Å²) in [6, 6.07) is 0.704. The van der Waals surface area contributed by atoms with Gasteiger partial charge in [0.05, 0.1) is 18.2 Å². The maximum atomic E-state index is 13.8. The second-order valence-corrected chi connectivity index (χ2v) is 8.68. The number of carbonyl (C=O) groups excluding carboxylic acids is 2. The number of piperidine rings is 1. The smallest absolute Gasteiger partial charge is 0.419 e. The highest BCUT2D eigenvalue weighted by atomic mass is 35.5. The molecule has 2 saturated heterocycles. The monoisotopic (exact) mass is 483 g/mol. The zero-order valence-electron chi connectivity index (χ0n) is 17.4. The summed E-state index contributed by atoms with van der Waals surface area (Å²) in [5, 5.41) is 2.86. The van der Waals surface area contributed by atoms with Crippen molar-refractivity contribution in [3.63, 3.8) is 0 Å². The van der Waals surface area contributed by atoms with Crippen molar-refractivity contribution in [1.82, 2.24) is 24.5 Å². The molecule has 0 saturated carbocycles. The lowest BCUT2D eigenvalue weighted by atomic mass is 10.0. The number of ether oxygens (including phenoxy) is 1. The lowest BCUT2D eigenvalue weighted by Gasteiger charge is -2.35. The van der Waals surface area contributed by atoms with E-state index in [4.69, 9.17) is 16.3 Å². The second-order valence-electron chi connectivity index (χ2n) is 8.32. The van der Waals surface area contributed by atoms with Crippen LogP contribution in [-0.4, -0.2) is 63.5 Å². The molecule has 2 aromatic heterocycles. The Morgan fingerprint density at radius 3 is 2.61 bits per heavy atom. The van der Waals surface area contributed by atoms with Crippen LogP contribution >= 0.6 is 11.6 Å². The van der Waals surface area contributed by atoms with Gasteiger partial charge in [0.2, 0.25) is 0 Å². The number of nitrogens with one attached hydrogen (secondary N) is 1. The van der Waals surface area contributed by atoms with E-state index in [2.05, 4.69) is 10.3 Å². The van der Waals surface area contributed by atoms with Gasteiger partial charge in [0, 0.05) is 25.3 Å². The van der Waals surface area contributed by atoms with Crippen LogP contribution in [0.15, 0.2) is 24.5 Å². The molecule has 1 unspecified atom stereocenters. The Morgan fingerprint density at radius 1 is 1.24 bits per heavy atom. The molecule has 2 amide bonds. The minimum absolute atomic E-state index is 0.0347. The molecule has 176 valence electrons. The number of hydrogen-bond donors (Lipinski definition) is 1. The van der Waals surface area contributed by atoms with Crippen LogP contribution in [0.2, 0.25) is 5.15 Å². The Labute approximate surface area is 191 Å². The van der Waals surface area contributed by atoms with Crippen LogP contribution in [0.4, 0.5) is 18.0 Å². The highest BCUT2D eigenvalue weighted by Crippen LogP contribution is 2.37. The van der Waals surface area contributed by atoms with E-state index in [1.807, 2.05) is 6.08 Å². The highest BCUT2D eigenvalue weighted by molar-refractivity contribution is 6.33. The number of hydrogen-bond acceptors (Lipinski definition) is 5. The van der Waals surface area contributed by atoms with Crippen LogP contribution in [0.3, 0.4) is 0 Å². The zero-order chi connectivity index (χ0) is 23.3. The number of carbonyl (C=O) groups is 2. The van der Waals surface area contributed by atoms with E-state index in [0.29, 0.717) is 51.1 Å². The van der Waals surface area contributed by atoms with Crippen molar-refractivity contribution in [2.24, 2.45) is 0 Å². The summed E-state index contributed by atoms with van der Waals surface area (Å²) in [7, 11) is 0. The van der Waals surface area contributed by atoms with Crippen molar-refractivity contribution < 1.29 is 27.5 Å². The molecule has 0 bridgehead atoms. The number of cyclic esters (lactones) is 1. The second kappa shape index (κ2) is 8.12. The Morgan fingerprint density at radius 2 is 2.00 bits per heavy atom. The largest absolute Gasteiger partial charge is 0.448 e. The van der Waals surface area contributed by atoms with Gasteiger partial charge in [-0.2, -0.15) is 13.2 Å². The Bertz CT molecular complexity index is 1130. The molecule has 3 aliphatic heterocycles. The average molecular weight is 484 g/mol. The standard InChI is InChI=1S/C21H21ClF3N5O3/c22-17-16(19(31)28-6-3-13(4-7-28)29-8-9-33-20(29)32)27-18-14(21(23,24)25)10-12(11-30(17)18)15-2-1-5-26-15/h1,5,10-11,13,15,26H,2-4,6-9H2. The van der Waals surface area contributed by atoms with Gasteiger partial charge in [0.15, 0.2) is 11.3 Å². The number of likely N-dealkylation sites (tertiary alicyclic amines) is 1. The Hall–Kier alpha value is -2.95. The molecule has 8 nitrogen and oxygen atoms in total. The number of halogens is 4. The van der Waals surface area contributed by atoms with Crippen LogP contribution in [0.1, 0.15) is 46.9 Å². The molecule has 5 heterocycles. The van der Waals surface area contributed by atoms with Gasteiger partial charge in [-0.25, -0.2) is 9.78 Å². The summed E-state index contributed by atoms with van der Waals surface area (Å²) >= 11 is 6.40. The molecule has 2 fully saturated rings. The van der Waals surface area contributed by atoms with E-state index in [-0.39, 0.29) is 29.0 Å². The van der Waals surface area contributed by atoms with Gasteiger partial charge >= 0.3 is 12.3 Å². The predicted molar refractivity (Wildman–Crippen MR) is 112 cm³/mol. The van der Waals surface area contributed by atoms with Crippen LogP contribution in [-0.2, 0) is 10.9 Å². The number of nitrogens with zero attached hydrogens (tertiary/aromatic N) is 4. The molecule has 33 heavy (non-hydrogen) atoms. The van der Waals surface area contributed by atoms with E-state index >= 15 is 0 Å². The third kappa shape index (κ3) is 3.88. The van der Waals surface area contributed by atoms with Crippen LogP contribution in [0, 0.1) is 0 Å². The predicted octanol–water partition coefficient (Wildman–Crippen LogP) is 3.61. The van der Waals surface area contributed by atoms with Crippen molar-refractivity contribution in [3.8, 4) is 0 Å². The summed E-state index contributed by atoms with van der Waals surface area (Å²) in [4.78, 5) is 32.1. The lowest BCUT2D eigenvalue weighted by molar-refractivity contribution is -0.136. The average Bonchev–Trinajstić information content (AvgIpc) is 3.53. The molecular weight excluding hydrogens is 463 g/mol. The number of imidazole rings is 1. The summed E-state index contributed by atoms with van der Waals surface area (Å²) in [5.41, 5.74) is -1.16. The Balaban J connectivity index is 1.43. The van der Waals surface area contributed by atoms with Crippen molar-refractivity contribution in [3.05, 3.63) is 46.5 Å². The molecule has 1 atom stereocenters. The number of alkyl halides is 3. The van der Waals surface area contributed by atoms with Gasteiger partial charge in [-0.15, -0.1) is 0 Å². The van der Waals surface area contributed by atoms with Crippen molar-refractivity contribution in [1.29, 1.82) is 0 Å². The lowest BCUT2D eigenvalue weighted by Crippen LogP contribution is -2.47. The number of rotatable bonds is 3.